The van der Waals surface area contributed by atoms with Crippen LogP contribution in [0, 0.1) is 0 Å². The second kappa shape index (κ2) is 8.67. The minimum absolute atomic E-state index is 0.0275. The van der Waals surface area contributed by atoms with Gasteiger partial charge in [0.1, 0.15) is 0 Å². The molecule has 0 radical (unpaired) electrons. The van der Waals surface area contributed by atoms with E-state index in [1.54, 1.807) is 6.20 Å². The highest BCUT2D eigenvalue weighted by Crippen LogP contribution is 2.33. The molecule has 0 aliphatic carbocycles. The molecule has 4 rings (SSSR count). The van der Waals surface area contributed by atoms with E-state index < -0.39 is 0 Å². The number of hydrogen-bond donors (Lipinski definition) is 2. The van der Waals surface area contributed by atoms with Crippen LogP contribution in [0.1, 0.15) is 21.6 Å². The minimum atomic E-state index is -0.0980. The number of nitrogens with zero attached hydrogens (tertiary/aromatic N) is 1. The zero-order chi connectivity index (χ0) is 20.1. The lowest BCUT2D eigenvalue weighted by Crippen LogP contribution is -2.26. The minimum Gasteiger partial charge on any atom is -0.392 e. The van der Waals surface area contributed by atoms with Crippen LogP contribution in [0.3, 0.4) is 0 Å². The summed E-state index contributed by atoms with van der Waals surface area (Å²) in [6, 6.07) is 25.3. The second-order valence-electron chi connectivity index (χ2n) is 6.85. The Labute approximate surface area is 169 Å². The van der Waals surface area contributed by atoms with Gasteiger partial charge in [-0.1, -0.05) is 60.7 Å². The molecule has 0 saturated heterocycles. The Morgan fingerprint density at radius 2 is 1.59 bits per heavy atom. The fourth-order valence-electron chi connectivity index (χ4n) is 3.60. The molecule has 0 unspecified atom stereocenters. The van der Waals surface area contributed by atoms with E-state index >= 15 is 0 Å². The summed E-state index contributed by atoms with van der Waals surface area (Å²) >= 11 is 0. The van der Waals surface area contributed by atoms with Crippen molar-refractivity contribution >= 4 is 16.7 Å². The molecule has 144 valence electrons. The predicted octanol–water partition coefficient (Wildman–Crippen LogP) is 4.37. The highest BCUT2D eigenvalue weighted by atomic mass is 16.3. The van der Waals surface area contributed by atoms with Gasteiger partial charge in [-0.15, -0.1) is 0 Å². The standard InChI is InChI=1S/C25H22N2O2/c28-17-18-7-1-2-9-20(18)23-12-13-24(22-11-4-3-10-21(22)23)25(29)27-16-14-19-8-5-6-15-26-19/h1-13,15,28H,14,16-17H2,(H,27,29). The molecular formula is C25H22N2O2. The van der Waals surface area contributed by atoms with Crippen LogP contribution in [-0.4, -0.2) is 22.5 Å². The summed E-state index contributed by atoms with van der Waals surface area (Å²) in [7, 11) is 0. The molecule has 4 aromatic rings. The van der Waals surface area contributed by atoms with Crippen molar-refractivity contribution in [1.29, 1.82) is 0 Å². The first kappa shape index (κ1) is 18.8. The van der Waals surface area contributed by atoms with E-state index in [1.165, 1.54) is 0 Å². The first-order valence-electron chi connectivity index (χ1n) is 9.67. The first-order chi connectivity index (χ1) is 14.3. The molecule has 0 aliphatic rings. The Bertz CT molecular complexity index is 1140. The molecule has 1 heterocycles. The lowest BCUT2D eigenvalue weighted by molar-refractivity contribution is 0.0955. The summed E-state index contributed by atoms with van der Waals surface area (Å²) in [5, 5.41) is 14.6. The van der Waals surface area contributed by atoms with Crippen LogP contribution < -0.4 is 5.32 Å². The zero-order valence-corrected chi connectivity index (χ0v) is 16.0. The van der Waals surface area contributed by atoms with Crippen molar-refractivity contribution in [2.24, 2.45) is 0 Å². The van der Waals surface area contributed by atoms with Crippen LogP contribution in [0.25, 0.3) is 21.9 Å². The van der Waals surface area contributed by atoms with Crippen LogP contribution in [0.2, 0.25) is 0 Å². The van der Waals surface area contributed by atoms with Gasteiger partial charge >= 0.3 is 0 Å². The third-order valence-electron chi connectivity index (χ3n) is 5.04. The maximum Gasteiger partial charge on any atom is 0.251 e. The zero-order valence-electron chi connectivity index (χ0n) is 16.0. The van der Waals surface area contributed by atoms with Gasteiger partial charge in [0.05, 0.1) is 6.61 Å². The van der Waals surface area contributed by atoms with Gasteiger partial charge in [-0.05, 0) is 45.7 Å². The molecule has 4 nitrogen and oxygen atoms in total. The first-order valence-corrected chi connectivity index (χ1v) is 9.67. The van der Waals surface area contributed by atoms with Gasteiger partial charge in [0.2, 0.25) is 0 Å². The monoisotopic (exact) mass is 382 g/mol. The van der Waals surface area contributed by atoms with Gasteiger partial charge in [-0.3, -0.25) is 9.78 Å². The van der Waals surface area contributed by atoms with Crippen LogP contribution in [0.15, 0.2) is 85.1 Å². The lowest BCUT2D eigenvalue weighted by Gasteiger charge is -2.14. The van der Waals surface area contributed by atoms with Crippen molar-refractivity contribution in [1.82, 2.24) is 10.3 Å². The summed E-state index contributed by atoms with van der Waals surface area (Å²) < 4.78 is 0. The van der Waals surface area contributed by atoms with E-state index in [4.69, 9.17) is 0 Å². The predicted molar refractivity (Wildman–Crippen MR) is 116 cm³/mol. The number of benzene rings is 3. The van der Waals surface area contributed by atoms with Crippen molar-refractivity contribution in [3.63, 3.8) is 0 Å². The molecule has 0 bridgehead atoms. The normalized spacial score (nSPS) is 10.8. The summed E-state index contributed by atoms with van der Waals surface area (Å²) in [5.41, 5.74) is 4.45. The Hall–Kier alpha value is -3.50. The van der Waals surface area contributed by atoms with Crippen LogP contribution in [0.5, 0.6) is 0 Å². The number of carbonyl (C=O) groups excluding carboxylic acids is 1. The number of fused-ring (bicyclic) bond motifs is 1. The molecule has 2 N–H and O–H groups in total. The van der Waals surface area contributed by atoms with E-state index in [-0.39, 0.29) is 12.5 Å². The summed E-state index contributed by atoms with van der Waals surface area (Å²) in [4.78, 5) is 17.1. The number of hydrogen-bond acceptors (Lipinski definition) is 3. The number of amides is 1. The largest absolute Gasteiger partial charge is 0.392 e. The van der Waals surface area contributed by atoms with Crippen molar-refractivity contribution in [2.45, 2.75) is 13.0 Å². The summed E-state index contributed by atoms with van der Waals surface area (Å²) in [5.74, 6) is -0.0980. The average Bonchev–Trinajstić information content (AvgIpc) is 2.79. The highest BCUT2D eigenvalue weighted by molar-refractivity contribution is 6.11. The molecule has 0 atom stereocenters. The van der Waals surface area contributed by atoms with Gasteiger partial charge in [-0.2, -0.15) is 0 Å². The maximum absolute atomic E-state index is 12.8. The van der Waals surface area contributed by atoms with E-state index in [0.717, 1.165) is 33.2 Å². The molecule has 4 heteroatoms. The van der Waals surface area contributed by atoms with Gasteiger partial charge < -0.3 is 10.4 Å². The molecular weight excluding hydrogens is 360 g/mol. The number of pyridine rings is 1. The van der Waals surface area contributed by atoms with Crippen molar-refractivity contribution in [2.75, 3.05) is 6.54 Å². The van der Waals surface area contributed by atoms with Crippen molar-refractivity contribution < 1.29 is 9.90 Å². The third kappa shape index (κ3) is 4.03. The Kier molecular flexibility index (Phi) is 5.63. The number of rotatable bonds is 6. The molecule has 0 fully saturated rings. The smallest absolute Gasteiger partial charge is 0.251 e. The Morgan fingerprint density at radius 3 is 2.38 bits per heavy atom. The molecule has 29 heavy (non-hydrogen) atoms. The molecule has 0 saturated carbocycles. The third-order valence-corrected chi connectivity index (χ3v) is 5.04. The maximum atomic E-state index is 12.8. The summed E-state index contributed by atoms with van der Waals surface area (Å²) in [6.45, 7) is 0.500. The van der Waals surface area contributed by atoms with E-state index in [2.05, 4.69) is 10.3 Å². The summed E-state index contributed by atoms with van der Waals surface area (Å²) in [6.07, 6.45) is 2.44. The Morgan fingerprint density at radius 1 is 0.828 bits per heavy atom. The molecule has 0 aliphatic heterocycles. The van der Waals surface area contributed by atoms with Crippen molar-refractivity contribution in [3.05, 3.63) is 102 Å². The second-order valence-corrected chi connectivity index (χ2v) is 6.85. The SMILES string of the molecule is O=C(NCCc1ccccn1)c1ccc(-c2ccccc2CO)c2ccccc12. The average molecular weight is 382 g/mol. The molecule has 1 amide bonds. The van der Waals surface area contributed by atoms with Crippen LogP contribution in [-0.2, 0) is 13.0 Å². The van der Waals surface area contributed by atoms with Gasteiger partial charge in [0.25, 0.3) is 5.91 Å². The van der Waals surface area contributed by atoms with E-state index in [9.17, 15) is 9.90 Å². The number of aliphatic hydroxyl groups is 1. The number of carbonyl (C=O) groups is 1. The Balaban J connectivity index is 1.64. The molecule has 1 aromatic heterocycles. The highest BCUT2D eigenvalue weighted by Gasteiger charge is 2.14. The van der Waals surface area contributed by atoms with E-state index in [1.807, 2.05) is 78.9 Å². The number of aromatic nitrogens is 1. The number of aliphatic hydroxyl groups excluding tert-OH is 1. The van der Waals surface area contributed by atoms with E-state index in [0.29, 0.717) is 18.5 Å². The fraction of sp³-hybridized carbons (Fsp3) is 0.120. The molecule has 3 aromatic carbocycles. The van der Waals surface area contributed by atoms with Gasteiger partial charge in [0.15, 0.2) is 0 Å². The lowest BCUT2D eigenvalue weighted by atomic mass is 9.92. The number of nitrogens with one attached hydrogen (secondary N) is 1. The quantitative estimate of drug-likeness (QED) is 0.521. The topological polar surface area (TPSA) is 62.2 Å². The van der Waals surface area contributed by atoms with Crippen LogP contribution in [0.4, 0.5) is 0 Å². The van der Waals surface area contributed by atoms with Crippen molar-refractivity contribution in [3.8, 4) is 11.1 Å². The van der Waals surface area contributed by atoms with Crippen LogP contribution >= 0.6 is 0 Å². The molecule has 0 spiro atoms. The van der Waals surface area contributed by atoms with Gasteiger partial charge in [-0.25, -0.2) is 0 Å². The fourth-order valence-corrected chi connectivity index (χ4v) is 3.60. The van der Waals surface area contributed by atoms with Gasteiger partial charge in [0, 0.05) is 30.4 Å².